The normalized spacial score (nSPS) is 35.1. The molecule has 1 unspecified atom stereocenters. The Morgan fingerprint density at radius 3 is 2.60 bits per heavy atom. The summed E-state index contributed by atoms with van der Waals surface area (Å²) >= 11 is 0. The molecule has 0 amide bonds. The molecule has 2 fully saturated rings. The van der Waals surface area contributed by atoms with Gasteiger partial charge in [-0.25, -0.2) is 0 Å². The summed E-state index contributed by atoms with van der Waals surface area (Å²) in [6.07, 6.45) is 6.66. The highest BCUT2D eigenvalue weighted by atomic mass is 16.5. The molecule has 20 heavy (non-hydrogen) atoms. The first-order chi connectivity index (χ1) is 9.58. The number of aliphatic hydroxyl groups is 1. The Kier molecular flexibility index (Phi) is 5.44. The van der Waals surface area contributed by atoms with Gasteiger partial charge in [-0.15, -0.1) is 0 Å². The number of hydrogen-bond acceptors (Lipinski definition) is 4. The van der Waals surface area contributed by atoms with Crippen LogP contribution in [0.1, 0.15) is 58.8 Å². The summed E-state index contributed by atoms with van der Waals surface area (Å²) in [5.41, 5.74) is -0.596. The van der Waals surface area contributed by atoms with Crippen LogP contribution in [0.4, 0.5) is 0 Å². The fourth-order valence-electron chi connectivity index (χ4n) is 3.75. The summed E-state index contributed by atoms with van der Waals surface area (Å²) in [5, 5.41) is 10.8. The molecule has 1 aliphatic heterocycles. The maximum Gasteiger partial charge on any atom is 0.308 e. The monoisotopic (exact) mass is 283 g/mol. The van der Waals surface area contributed by atoms with E-state index in [1.54, 1.807) is 0 Å². The van der Waals surface area contributed by atoms with Gasteiger partial charge in [0.25, 0.3) is 0 Å². The highest BCUT2D eigenvalue weighted by Crippen LogP contribution is 2.35. The van der Waals surface area contributed by atoms with Crippen molar-refractivity contribution in [2.75, 3.05) is 19.7 Å². The van der Waals surface area contributed by atoms with E-state index >= 15 is 0 Å². The van der Waals surface area contributed by atoms with Crippen molar-refractivity contribution in [1.29, 1.82) is 0 Å². The molecular formula is C16H29NO3. The third kappa shape index (κ3) is 3.73. The fraction of sp³-hybridized carbons (Fsp3) is 0.938. The third-order valence-corrected chi connectivity index (χ3v) is 5.00. The Morgan fingerprint density at radius 2 is 2.00 bits per heavy atom. The molecule has 1 atom stereocenters. The number of β-amino-alcohol motifs (C(OH)–C–C–N with tert-alkyl or cyclic N) is 1. The molecule has 116 valence electrons. The zero-order chi connectivity index (χ0) is 14.6. The maximum absolute atomic E-state index is 11.7. The first kappa shape index (κ1) is 15.8. The SMILES string of the molecule is CCOC(=O)C1CCC(O)(CN2CCCC2CC)CC1. The zero-order valence-electron chi connectivity index (χ0n) is 12.9. The van der Waals surface area contributed by atoms with Crippen molar-refractivity contribution in [3.05, 3.63) is 0 Å². The molecule has 1 aliphatic carbocycles. The van der Waals surface area contributed by atoms with Gasteiger partial charge in [-0.05, 0) is 58.4 Å². The Morgan fingerprint density at radius 1 is 1.30 bits per heavy atom. The summed E-state index contributed by atoms with van der Waals surface area (Å²) in [5.74, 6) is -0.0852. The second-order valence-corrected chi connectivity index (χ2v) is 6.43. The molecule has 2 aliphatic rings. The van der Waals surface area contributed by atoms with Crippen molar-refractivity contribution < 1.29 is 14.6 Å². The number of hydrogen-bond donors (Lipinski definition) is 1. The van der Waals surface area contributed by atoms with Crippen LogP contribution in [0.3, 0.4) is 0 Å². The van der Waals surface area contributed by atoms with Crippen molar-refractivity contribution >= 4 is 5.97 Å². The maximum atomic E-state index is 11.7. The van der Waals surface area contributed by atoms with Gasteiger partial charge in [0, 0.05) is 12.6 Å². The van der Waals surface area contributed by atoms with Crippen LogP contribution in [-0.4, -0.2) is 47.3 Å². The quantitative estimate of drug-likeness (QED) is 0.787. The van der Waals surface area contributed by atoms with Gasteiger partial charge < -0.3 is 9.84 Å². The van der Waals surface area contributed by atoms with Crippen molar-refractivity contribution in [2.45, 2.75) is 70.4 Å². The van der Waals surface area contributed by atoms with Gasteiger partial charge in [0.1, 0.15) is 0 Å². The first-order valence-corrected chi connectivity index (χ1v) is 8.21. The highest BCUT2D eigenvalue weighted by Gasteiger charge is 2.39. The predicted molar refractivity (Wildman–Crippen MR) is 78.4 cm³/mol. The Balaban J connectivity index is 1.83. The molecular weight excluding hydrogens is 254 g/mol. The van der Waals surface area contributed by atoms with E-state index in [1.165, 1.54) is 19.3 Å². The van der Waals surface area contributed by atoms with Crippen LogP contribution in [0.25, 0.3) is 0 Å². The van der Waals surface area contributed by atoms with E-state index in [1.807, 2.05) is 6.92 Å². The summed E-state index contributed by atoms with van der Waals surface area (Å²) in [6.45, 7) is 6.41. The van der Waals surface area contributed by atoms with Crippen molar-refractivity contribution in [3.63, 3.8) is 0 Å². The fourth-order valence-corrected chi connectivity index (χ4v) is 3.75. The van der Waals surface area contributed by atoms with Crippen LogP contribution < -0.4 is 0 Å². The van der Waals surface area contributed by atoms with Gasteiger partial charge >= 0.3 is 5.97 Å². The van der Waals surface area contributed by atoms with E-state index in [9.17, 15) is 9.90 Å². The van der Waals surface area contributed by atoms with Crippen molar-refractivity contribution in [2.24, 2.45) is 5.92 Å². The second-order valence-electron chi connectivity index (χ2n) is 6.43. The molecule has 2 rings (SSSR count). The molecule has 0 aromatic carbocycles. The molecule has 0 bridgehead atoms. The number of esters is 1. The molecule has 1 N–H and O–H groups in total. The minimum absolute atomic E-state index is 0.00391. The standard InChI is InChI=1S/C16H29NO3/c1-3-14-6-5-11-17(14)12-16(19)9-7-13(8-10-16)15(18)20-4-2/h13-14,19H,3-12H2,1-2H3. The third-order valence-electron chi connectivity index (χ3n) is 5.00. The molecule has 1 saturated carbocycles. The average Bonchev–Trinajstić information content (AvgIpc) is 2.86. The lowest BCUT2D eigenvalue weighted by Gasteiger charge is -2.39. The summed E-state index contributed by atoms with van der Waals surface area (Å²) in [6, 6.07) is 0.641. The van der Waals surface area contributed by atoms with E-state index in [0.717, 1.165) is 38.8 Å². The zero-order valence-corrected chi connectivity index (χ0v) is 12.9. The first-order valence-electron chi connectivity index (χ1n) is 8.21. The largest absolute Gasteiger partial charge is 0.466 e. The summed E-state index contributed by atoms with van der Waals surface area (Å²) in [7, 11) is 0. The summed E-state index contributed by atoms with van der Waals surface area (Å²) in [4.78, 5) is 14.2. The number of carbonyl (C=O) groups is 1. The lowest BCUT2D eigenvalue weighted by atomic mass is 9.78. The second kappa shape index (κ2) is 6.90. The van der Waals surface area contributed by atoms with Crippen LogP contribution in [-0.2, 0) is 9.53 Å². The number of nitrogens with zero attached hydrogens (tertiary/aromatic N) is 1. The smallest absolute Gasteiger partial charge is 0.308 e. The van der Waals surface area contributed by atoms with Gasteiger partial charge in [0.15, 0.2) is 0 Å². The average molecular weight is 283 g/mol. The number of ether oxygens (including phenoxy) is 1. The predicted octanol–water partition coefficient (Wildman–Crippen LogP) is 2.35. The number of rotatable bonds is 5. The Bertz CT molecular complexity index is 324. The molecule has 1 saturated heterocycles. The molecule has 0 aromatic heterocycles. The van der Waals surface area contributed by atoms with E-state index in [0.29, 0.717) is 12.6 Å². The number of carbonyl (C=O) groups excluding carboxylic acids is 1. The van der Waals surface area contributed by atoms with Crippen LogP contribution in [0, 0.1) is 5.92 Å². The molecule has 0 radical (unpaired) electrons. The Labute approximate surface area is 122 Å². The van der Waals surface area contributed by atoms with Crippen LogP contribution in [0.2, 0.25) is 0 Å². The van der Waals surface area contributed by atoms with E-state index < -0.39 is 5.60 Å². The van der Waals surface area contributed by atoms with Gasteiger partial charge in [-0.3, -0.25) is 9.69 Å². The summed E-state index contributed by atoms with van der Waals surface area (Å²) < 4.78 is 5.09. The van der Waals surface area contributed by atoms with Crippen molar-refractivity contribution in [3.8, 4) is 0 Å². The van der Waals surface area contributed by atoms with Crippen LogP contribution >= 0.6 is 0 Å². The van der Waals surface area contributed by atoms with Crippen LogP contribution in [0.5, 0.6) is 0 Å². The van der Waals surface area contributed by atoms with Gasteiger partial charge in [0.05, 0.1) is 18.1 Å². The lowest BCUT2D eigenvalue weighted by molar-refractivity contribution is -0.151. The van der Waals surface area contributed by atoms with Crippen LogP contribution in [0.15, 0.2) is 0 Å². The molecule has 1 heterocycles. The molecule has 0 aromatic rings. The minimum atomic E-state index is -0.596. The Hall–Kier alpha value is -0.610. The molecule has 0 spiro atoms. The van der Waals surface area contributed by atoms with Gasteiger partial charge in [-0.2, -0.15) is 0 Å². The van der Waals surface area contributed by atoms with E-state index in [2.05, 4.69) is 11.8 Å². The van der Waals surface area contributed by atoms with Gasteiger partial charge in [-0.1, -0.05) is 6.92 Å². The minimum Gasteiger partial charge on any atom is -0.466 e. The van der Waals surface area contributed by atoms with Crippen molar-refractivity contribution in [1.82, 2.24) is 4.90 Å². The van der Waals surface area contributed by atoms with E-state index in [4.69, 9.17) is 4.74 Å². The molecule has 4 heteroatoms. The molecule has 4 nitrogen and oxygen atoms in total. The lowest BCUT2D eigenvalue weighted by Crippen LogP contribution is -2.47. The topological polar surface area (TPSA) is 49.8 Å². The van der Waals surface area contributed by atoms with E-state index in [-0.39, 0.29) is 11.9 Å². The number of likely N-dealkylation sites (tertiary alicyclic amines) is 1. The highest BCUT2D eigenvalue weighted by molar-refractivity contribution is 5.72. The van der Waals surface area contributed by atoms with Gasteiger partial charge in [0.2, 0.25) is 0 Å².